The third kappa shape index (κ3) is 1.61. The molecule has 0 atom stereocenters. The molecule has 0 spiro atoms. The summed E-state index contributed by atoms with van der Waals surface area (Å²) in [5.74, 6) is -1.34. The van der Waals surface area contributed by atoms with Gasteiger partial charge in [-0.2, -0.15) is 0 Å². The summed E-state index contributed by atoms with van der Waals surface area (Å²) in [7, 11) is 0. The fraction of sp³-hybridized carbons (Fsp3) is 0.125. The molecule has 0 saturated carbocycles. The molecule has 0 N–H and O–H groups in total. The van der Waals surface area contributed by atoms with Crippen molar-refractivity contribution in [1.82, 2.24) is 0 Å². The molecule has 3 heteroatoms. The first-order valence-electron chi connectivity index (χ1n) is 3.12. The van der Waals surface area contributed by atoms with Crippen LogP contribution in [0.25, 0.3) is 0 Å². The highest BCUT2D eigenvalue weighted by atomic mass is 19.1. The predicted octanol–water partition coefficient (Wildman–Crippen LogP) is 1.71. The molecule has 0 aromatic heterocycles. The van der Waals surface area contributed by atoms with E-state index in [0.29, 0.717) is 6.29 Å². The molecule has 0 amide bonds. The Labute approximate surface area is 62.7 Å². The Hall–Kier alpha value is -1.25. The molecule has 0 unspecified atom stereocenters. The van der Waals surface area contributed by atoms with Crippen LogP contribution in [0, 0.1) is 11.6 Å². The lowest BCUT2D eigenvalue weighted by Gasteiger charge is -1.98. The molecular weight excluding hydrogens is 150 g/mol. The van der Waals surface area contributed by atoms with Gasteiger partial charge in [0.1, 0.15) is 17.9 Å². The summed E-state index contributed by atoms with van der Waals surface area (Å²) in [6.07, 6.45) is 0.264. The molecule has 11 heavy (non-hydrogen) atoms. The lowest BCUT2D eigenvalue weighted by molar-refractivity contribution is -0.107. The number of aldehydes is 1. The van der Waals surface area contributed by atoms with Gasteiger partial charge in [0.05, 0.1) is 0 Å². The van der Waals surface area contributed by atoms with E-state index in [2.05, 4.69) is 0 Å². The monoisotopic (exact) mass is 156 g/mol. The molecular formula is C8H6F2O. The van der Waals surface area contributed by atoms with Gasteiger partial charge in [-0.3, -0.25) is 0 Å². The minimum Gasteiger partial charge on any atom is -0.303 e. The zero-order valence-electron chi connectivity index (χ0n) is 5.68. The average molecular weight is 156 g/mol. The lowest BCUT2D eigenvalue weighted by Crippen LogP contribution is -1.95. The van der Waals surface area contributed by atoms with Gasteiger partial charge < -0.3 is 4.79 Å². The summed E-state index contributed by atoms with van der Waals surface area (Å²) >= 11 is 0. The van der Waals surface area contributed by atoms with Crippen molar-refractivity contribution in [2.45, 2.75) is 6.42 Å². The van der Waals surface area contributed by atoms with Crippen molar-refractivity contribution in [3.63, 3.8) is 0 Å². The number of rotatable bonds is 2. The molecule has 1 nitrogen and oxygen atoms in total. The van der Waals surface area contributed by atoms with Crippen LogP contribution >= 0.6 is 0 Å². The SMILES string of the molecule is O=CCc1c(F)cccc1F. The minimum atomic E-state index is -0.669. The van der Waals surface area contributed by atoms with Gasteiger partial charge in [0.25, 0.3) is 0 Å². The van der Waals surface area contributed by atoms with Crippen LogP contribution in [0.2, 0.25) is 0 Å². The lowest BCUT2D eigenvalue weighted by atomic mass is 10.1. The van der Waals surface area contributed by atoms with Crippen LogP contribution in [0.5, 0.6) is 0 Å². The first-order valence-corrected chi connectivity index (χ1v) is 3.12. The van der Waals surface area contributed by atoms with Gasteiger partial charge in [-0.05, 0) is 12.1 Å². The molecule has 0 saturated heterocycles. The summed E-state index contributed by atoms with van der Waals surface area (Å²) < 4.78 is 25.3. The second-order valence-electron chi connectivity index (χ2n) is 2.07. The van der Waals surface area contributed by atoms with E-state index < -0.39 is 11.6 Å². The zero-order chi connectivity index (χ0) is 8.27. The van der Waals surface area contributed by atoms with E-state index in [1.807, 2.05) is 0 Å². The van der Waals surface area contributed by atoms with Crippen LogP contribution in [0.4, 0.5) is 8.78 Å². The van der Waals surface area contributed by atoms with E-state index in [1.54, 1.807) is 0 Å². The first kappa shape index (κ1) is 7.85. The van der Waals surface area contributed by atoms with E-state index in [0.717, 1.165) is 12.1 Å². The largest absolute Gasteiger partial charge is 0.303 e. The smallest absolute Gasteiger partial charge is 0.129 e. The summed E-state index contributed by atoms with van der Waals surface area (Å²) in [6.45, 7) is 0. The van der Waals surface area contributed by atoms with Gasteiger partial charge in [0.2, 0.25) is 0 Å². The Morgan fingerprint density at radius 1 is 1.27 bits per heavy atom. The Morgan fingerprint density at radius 3 is 2.27 bits per heavy atom. The number of halogens is 2. The number of hydrogen-bond acceptors (Lipinski definition) is 1. The molecule has 0 aliphatic carbocycles. The molecule has 0 aliphatic heterocycles. The van der Waals surface area contributed by atoms with Crippen LogP contribution < -0.4 is 0 Å². The predicted molar refractivity (Wildman–Crippen MR) is 36.1 cm³/mol. The molecule has 1 rings (SSSR count). The van der Waals surface area contributed by atoms with Crippen molar-refractivity contribution in [3.05, 3.63) is 35.4 Å². The van der Waals surface area contributed by atoms with Gasteiger partial charge >= 0.3 is 0 Å². The topological polar surface area (TPSA) is 17.1 Å². The highest BCUT2D eigenvalue weighted by Crippen LogP contribution is 2.11. The third-order valence-electron chi connectivity index (χ3n) is 1.35. The van der Waals surface area contributed by atoms with Gasteiger partial charge in [-0.25, -0.2) is 8.78 Å². The van der Waals surface area contributed by atoms with Crippen LogP contribution in [-0.2, 0) is 11.2 Å². The number of benzene rings is 1. The number of carbonyl (C=O) groups excluding carboxylic acids is 1. The van der Waals surface area contributed by atoms with Crippen molar-refractivity contribution >= 4 is 6.29 Å². The van der Waals surface area contributed by atoms with Crippen LogP contribution in [0.3, 0.4) is 0 Å². The van der Waals surface area contributed by atoms with E-state index in [4.69, 9.17) is 0 Å². The number of carbonyl (C=O) groups is 1. The first-order chi connectivity index (χ1) is 5.25. The Bertz CT molecular complexity index is 251. The normalized spacial score (nSPS) is 9.64. The van der Waals surface area contributed by atoms with Gasteiger partial charge in [0, 0.05) is 12.0 Å². The Kier molecular flexibility index (Phi) is 2.31. The molecule has 0 fully saturated rings. The third-order valence-corrected chi connectivity index (χ3v) is 1.35. The Balaban J connectivity index is 3.09. The maximum absolute atomic E-state index is 12.6. The van der Waals surface area contributed by atoms with Crippen molar-refractivity contribution in [2.75, 3.05) is 0 Å². The standard InChI is InChI=1S/C8H6F2O/c9-7-2-1-3-8(10)6(7)4-5-11/h1-3,5H,4H2. The van der Waals surface area contributed by atoms with E-state index in [-0.39, 0.29) is 12.0 Å². The van der Waals surface area contributed by atoms with Gasteiger partial charge in [-0.15, -0.1) is 0 Å². The Morgan fingerprint density at radius 2 is 1.82 bits per heavy atom. The molecule has 0 radical (unpaired) electrons. The summed E-state index contributed by atoms with van der Waals surface area (Å²) in [4.78, 5) is 9.95. The molecule has 58 valence electrons. The molecule has 0 aliphatic rings. The van der Waals surface area contributed by atoms with Crippen molar-refractivity contribution < 1.29 is 13.6 Å². The van der Waals surface area contributed by atoms with E-state index in [9.17, 15) is 13.6 Å². The summed E-state index contributed by atoms with van der Waals surface area (Å²) in [5.41, 5.74) is -0.164. The van der Waals surface area contributed by atoms with Crippen molar-refractivity contribution in [3.8, 4) is 0 Å². The van der Waals surface area contributed by atoms with Crippen LogP contribution in [0.15, 0.2) is 18.2 Å². The second-order valence-corrected chi connectivity index (χ2v) is 2.07. The summed E-state index contributed by atoms with van der Waals surface area (Å²) in [5, 5.41) is 0. The van der Waals surface area contributed by atoms with Crippen LogP contribution in [0.1, 0.15) is 5.56 Å². The highest BCUT2D eigenvalue weighted by Gasteiger charge is 2.05. The fourth-order valence-electron chi connectivity index (χ4n) is 0.811. The average Bonchev–Trinajstić information content (AvgIpc) is 1.97. The molecule has 0 bridgehead atoms. The molecule has 1 aromatic rings. The zero-order valence-corrected chi connectivity index (χ0v) is 5.68. The fourth-order valence-corrected chi connectivity index (χ4v) is 0.811. The highest BCUT2D eigenvalue weighted by molar-refractivity contribution is 5.55. The summed E-state index contributed by atoms with van der Waals surface area (Å²) in [6, 6.07) is 3.52. The van der Waals surface area contributed by atoms with E-state index >= 15 is 0 Å². The van der Waals surface area contributed by atoms with Crippen LogP contribution in [-0.4, -0.2) is 6.29 Å². The maximum atomic E-state index is 12.6. The van der Waals surface area contributed by atoms with Crippen molar-refractivity contribution in [2.24, 2.45) is 0 Å². The number of hydrogen-bond donors (Lipinski definition) is 0. The van der Waals surface area contributed by atoms with Gasteiger partial charge in [-0.1, -0.05) is 6.07 Å². The second kappa shape index (κ2) is 3.23. The van der Waals surface area contributed by atoms with Gasteiger partial charge in [0.15, 0.2) is 0 Å². The van der Waals surface area contributed by atoms with E-state index in [1.165, 1.54) is 6.07 Å². The van der Waals surface area contributed by atoms with Crippen molar-refractivity contribution in [1.29, 1.82) is 0 Å². The quantitative estimate of drug-likeness (QED) is 0.595. The molecule has 1 aromatic carbocycles. The molecule has 0 heterocycles. The maximum Gasteiger partial charge on any atom is 0.129 e. The minimum absolute atomic E-state index is 0.164.